The highest BCUT2D eigenvalue weighted by Gasteiger charge is 2.37. The normalized spacial score (nSPS) is 14.5. The summed E-state index contributed by atoms with van der Waals surface area (Å²) in [5.41, 5.74) is 8.48. The first-order valence-corrected chi connectivity index (χ1v) is 20.0. The molecular formula is C54H48O6. The van der Waals surface area contributed by atoms with Crippen LogP contribution in [0.3, 0.4) is 0 Å². The number of rotatable bonds is 12. The van der Waals surface area contributed by atoms with Crippen LogP contribution in [0, 0.1) is 0 Å². The lowest BCUT2D eigenvalue weighted by atomic mass is 9.81. The van der Waals surface area contributed by atoms with Crippen LogP contribution in [-0.2, 0) is 0 Å². The molecule has 6 nitrogen and oxygen atoms in total. The number of phenolic OH excluding ortho intramolecular Hbond substituents is 4. The summed E-state index contributed by atoms with van der Waals surface area (Å²) in [7, 11) is 0. The number of aromatic hydroxyl groups is 4. The van der Waals surface area contributed by atoms with Crippen molar-refractivity contribution in [2.24, 2.45) is 0 Å². The third-order valence-electron chi connectivity index (χ3n) is 11.1. The lowest BCUT2D eigenvalue weighted by molar-refractivity contribution is 0.382. The molecule has 0 amide bonds. The minimum Gasteiger partial charge on any atom is -0.507 e. The molecule has 2 unspecified atom stereocenters. The van der Waals surface area contributed by atoms with Gasteiger partial charge in [0, 0.05) is 11.8 Å². The molecule has 0 heterocycles. The van der Waals surface area contributed by atoms with E-state index in [4.69, 9.17) is 0 Å². The van der Waals surface area contributed by atoms with Crippen LogP contribution in [0.1, 0.15) is 72.9 Å². The second-order valence-corrected chi connectivity index (χ2v) is 14.7. The molecule has 6 heteroatoms. The van der Waals surface area contributed by atoms with Crippen LogP contribution in [0.4, 0.5) is 0 Å². The lowest BCUT2D eigenvalue weighted by Gasteiger charge is -2.26. The highest BCUT2D eigenvalue weighted by Crippen LogP contribution is 2.54. The Morgan fingerprint density at radius 1 is 0.383 bits per heavy atom. The van der Waals surface area contributed by atoms with E-state index in [2.05, 4.69) is 48.6 Å². The monoisotopic (exact) mass is 792 g/mol. The molecule has 1 aliphatic carbocycles. The fourth-order valence-corrected chi connectivity index (χ4v) is 8.24. The van der Waals surface area contributed by atoms with Gasteiger partial charge in [-0.1, -0.05) is 146 Å². The van der Waals surface area contributed by atoms with E-state index in [1.165, 1.54) is 24.3 Å². The van der Waals surface area contributed by atoms with Gasteiger partial charge in [0.15, 0.2) is 0 Å². The molecule has 7 rings (SSSR count). The van der Waals surface area contributed by atoms with Crippen molar-refractivity contribution in [3.63, 3.8) is 0 Å². The van der Waals surface area contributed by atoms with Gasteiger partial charge in [0.1, 0.15) is 34.5 Å². The average Bonchev–Trinajstić information content (AvgIpc) is 3.26. The lowest BCUT2D eigenvalue weighted by Crippen LogP contribution is -2.11. The molecule has 0 spiro atoms. The van der Waals surface area contributed by atoms with Crippen molar-refractivity contribution in [3.8, 4) is 45.3 Å². The van der Waals surface area contributed by atoms with Gasteiger partial charge in [0.05, 0.1) is 22.3 Å². The minimum absolute atomic E-state index is 0.00296. The van der Waals surface area contributed by atoms with Crippen LogP contribution in [0.2, 0.25) is 0 Å². The Kier molecular flexibility index (Phi) is 11.9. The molecule has 6 aromatic carbocycles. The van der Waals surface area contributed by atoms with Crippen LogP contribution < -0.4 is 0 Å². The maximum absolute atomic E-state index is 11.3. The van der Waals surface area contributed by atoms with E-state index in [0.717, 1.165) is 44.5 Å². The summed E-state index contributed by atoms with van der Waals surface area (Å²) >= 11 is 0. The van der Waals surface area contributed by atoms with Gasteiger partial charge in [-0.3, -0.25) is 0 Å². The molecule has 0 bridgehead atoms. The Morgan fingerprint density at radius 3 is 0.967 bits per heavy atom. The smallest absolute Gasteiger partial charge is 0.139 e. The summed E-state index contributed by atoms with van der Waals surface area (Å²) in [5.74, 6) is -2.49. The van der Waals surface area contributed by atoms with Crippen molar-refractivity contribution >= 4 is 11.1 Å². The van der Waals surface area contributed by atoms with E-state index in [0.29, 0.717) is 11.1 Å². The zero-order chi connectivity index (χ0) is 42.5. The summed E-state index contributed by atoms with van der Waals surface area (Å²) in [6, 6.07) is 42.1. The Hall–Kier alpha value is -7.44. The molecule has 0 aromatic heterocycles. The third-order valence-corrected chi connectivity index (χ3v) is 11.1. The topological polar surface area (TPSA) is 121 Å². The molecule has 0 radical (unpaired) electrons. The minimum atomic E-state index is -0.501. The van der Waals surface area contributed by atoms with Gasteiger partial charge in [0.2, 0.25) is 0 Å². The number of aliphatic hydroxyl groups excluding tert-OH is 2. The van der Waals surface area contributed by atoms with Gasteiger partial charge in [-0.2, -0.15) is 0 Å². The van der Waals surface area contributed by atoms with Crippen molar-refractivity contribution in [2.45, 2.75) is 39.5 Å². The standard InChI is InChI=1S/C54H48O6/c1-5-15-33(7-3)47(37-17-11-9-12-18-37)39-25-21-35(22-26-39)41-29-43(55)49(44(56)30-41)51-53(59)52(54(51)60)50-45(57)31-42(32-46(50)58)36-23-27-40(28-24-36)48(34(8-4)16-6-2)38-19-13-10-14-20-38/h5-32,47-48,55-60H,1-4H3/b15-5-,16-6-,33-7+,34-8+. The largest absolute Gasteiger partial charge is 0.507 e. The Labute approximate surface area is 351 Å². The van der Waals surface area contributed by atoms with Crippen LogP contribution in [-0.4, -0.2) is 30.6 Å². The van der Waals surface area contributed by atoms with Gasteiger partial charge in [0.25, 0.3) is 0 Å². The maximum atomic E-state index is 11.3. The molecule has 0 fully saturated rings. The second kappa shape index (κ2) is 17.6. The second-order valence-electron chi connectivity index (χ2n) is 14.7. The average molecular weight is 793 g/mol. The van der Waals surface area contributed by atoms with Crippen molar-refractivity contribution in [1.29, 1.82) is 0 Å². The Balaban J connectivity index is 1.14. The summed E-state index contributed by atoms with van der Waals surface area (Å²) in [6.45, 7) is 8.03. The molecule has 1 aliphatic rings. The quantitative estimate of drug-likeness (QED) is 0.0686. The SMILES string of the molecule is C/C=C\C(=C/C)C(c1ccccc1)c1ccc(-c2cc(O)c(C3=C(O)C(c4c(O)cc(-c5ccc(C(C(/C=C\C)=C/C)c6ccccc6)cc5)cc4O)=C3O)c(O)c2)cc1. The summed E-state index contributed by atoms with van der Waals surface area (Å²) in [6.07, 6.45) is 12.5. The zero-order valence-electron chi connectivity index (χ0n) is 34.0. The molecule has 60 heavy (non-hydrogen) atoms. The number of hydrogen-bond donors (Lipinski definition) is 6. The summed E-state index contributed by atoms with van der Waals surface area (Å²) in [5, 5.41) is 67.4. The van der Waals surface area contributed by atoms with Crippen LogP contribution >= 0.6 is 0 Å². The van der Waals surface area contributed by atoms with Crippen molar-refractivity contribution in [1.82, 2.24) is 0 Å². The van der Waals surface area contributed by atoms with E-state index in [1.54, 1.807) is 0 Å². The molecule has 0 aliphatic heterocycles. The van der Waals surface area contributed by atoms with E-state index in [1.807, 2.05) is 125 Å². The Bertz CT molecular complexity index is 2470. The van der Waals surface area contributed by atoms with E-state index < -0.39 is 11.5 Å². The predicted molar refractivity (Wildman–Crippen MR) is 243 cm³/mol. The van der Waals surface area contributed by atoms with Crippen molar-refractivity contribution in [3.05, 3.63) is 226 Å². The fraction of sp³-hybridized carbons (Fsp3) is 0.111. The molecule has 0 saturated heterocycles. The van der Waals surface area contributed by atoms with E-state index in [9.17, 15) is 30.6 Å². The van der Waals surface area contributed by atoms with Crippen LogP contribution in [0.25, 0.3) is 33.4 Å². The first-order valence-electron chi connectivity index (χ1n) is 20.0. The van der Waals surface area contributed by atoms with Gasteiger partial charge in [-0.25, -0.2) is 0 Å². The number of hydrogen-bond acceptors (Lipinski definition) is 6. The molecular weight excluding hydrogens is 745 g/mol. The van der Waals surface area contributed by atoms with Crippen LogP contribution in [0.15, 0.2) is 193 Å². The summed E-state index contributed by atoms with van der Waals surface area (Å²) < 4.78 is 0. The van der Waals surface area contributed by atoms with Gasteiger partial charge >= 0.3 is 0 Å². The molecule has 6 aromatic rings. The van der Waals surface area contributed by atoms with Crippen LogP contribution in [0.5, 0.6) is 23.0 Å². The highest BCUT2D eigenvalue weighted by molar-refractivity contribution is 6.10. The van der Waals surface area contributed by atoms with Gasteiger partial charge in [-0.05, 0) is 108 Å². The maximum Gasteiger partial charge on any atom is 0.139 e. The third kappa shape index (κ3) is 7.75. The first kappa shape index (κ1) is 40.7. The molecule has 0 saturated carbocycles. The number of aliphatic hydroxyl groups is 2. The number of allylic oxidation sites excluding steroid dienone is 10. The van der Waals surface area contributed by atoms with Crippen molar-refractivity contribution in [2.75, 3.05) is 0 Å². The Morgan fingerprint density at radius 2 is 0.683 bits per heavy atom. The molecule has 6 N–H and O–H groups in total. The number of phenols is 4. The van der Waals surface area contributed by atoms with Gasteiger partial charge in [-0.15, -0.1) is 0 Å². The van der Waals surface area contributed by atoms with E-state index >= 15 is 0 Å². The molecule has 300 valence electrons. The van der Waals surface area contributed by atoms with E-state index in [-0.39, 0.29) is 57.1 Å². The predicted octanol–water partition coefficient (Wildman–Crippen LogP) is 13.4. The first-order chi connectivity index (χ1) is 29.1. The highest BCUT2D eigenvalue weighted by atomic mass is 16.3. The fourth-order valence-electron chi connectivity index (χ4n) is 8.24. The summed E-state index contributed by atoms with van der Waals surface area (Å²) in [4.78, 5) is 0. The van der Waals surface area contributed by atoms with Crippen molar-refractivity contribution < 1.29 is 30.6 Å². The number of benzene rings is 6. The molecule has 2 atom stereocenters. The van der Waals surface area contributed by atoms with Gasteiger partial charge < -0.3 is 30.6 Å². The zero-order valence-corrected chi connectivity index (χ0v) is 34.0.